The van der Waals surface area contributed by atoms with Crippen LogP contribution in [0.5, 0.6) is 5.75 Å². The normalized spacial score (nSPS) is 10.3. The predicted molar refractivity (Wildman–Crippen MR) is 112 cm³/mol. The van der Waals surface area contributed by atoms with Crippen molar-refractivity contribution in [2.45, 2.75) is 6.92 Å². The van der Waals surface area contributed by atoms with E-state index in [4.69, 9.17) is 16.3 Å². The Hall–Kier alpha value is -3.79. The molecular weight excluding hydrogens is 410 g/mol. The maximum absolute atomic E-state index is 12.1. The van der Waals surface area contributed by atoms with Gasteiger partial charge in [-0.15, -0.1) is 10.2 Å². The van der Waals surface area contributed by atoms with Crippen LogP contribution in [0.3, 0.4) is 0 Å². The van der Waals surface area contributed by atoms with Crippen LogP contribution >= 0.6 is 11.6 Å². The number of carbonyl (C=O) groups is 2. The summed E-state index contributed by atoms with van der Waals surface area (Å²) in [6.07, 6.45) is 3.00. The van der Waals surface area contributed by atoms with Crippen molar-refractivity contribution in [1.82, 2.24) is 25.5 Å². The fourth-order valence-electron chi connectivity index (χ4n) is 2.66. The number of nitrogens with one attached hydrogen (secondary N) is 3. The van der Waals surface area contributed by atoms with Crippen LogP contribution in [-0.2, 0) is 4.79 Å². The molecule has 0 aliphatic heterocycles. The summed E-state index contributed by atoms with van der Waals surface area (Å²) in [5.74, 6) is 0.197. The zero-order valence-corrected chi connectivity index (χ0v) is 17.1. The Balaban J connectivity index is 2.00. The van der Waals surface area contributed by atoms with Crippen LogP contribution in [0.4, 0.5) is 17.1 Å². The van der Waals surface area contributed by atoms with Crippen molar-refractivity contribution in [2.24, 2.45) is 0 Å². The third-order valence-corrected chi connectivity index (χ3v) is 4.09. The summed E-state index contributed by atoms with van der Waals surface area (Å²) in [6, 6.07) is 6.82. The van der Waals surface area contributed by atoms with Crippen molar-refractivity contribution in [2.75, 3.05) is 24.8 Å². The molecule has 3 N–H and O–H groups in total. The second kappa shape index (κ2) is 9.14. The molecule has 2 heterocycles. The molecular formula is C19H18ClN7O3. The average molecular weight is 428 g/mol. The summed E-state index contributed by atoms with van der Waals surface area (Å²) in [7, 11) is 3.00. The lowest BCUT2D eigenvalue weighted by molar-refractivity contribution is -0.114. The fraction of sp³-hybridized carbons (Fsp3) is 0.158. The molecule has 2 aromatic heterocycles. The topological polar surface area (TPSA) is 131 Å². The van der Waals surface area contributed by atoms with Gasteiger partial charge in [-0.2, -0.15) is 0 Å². The van der Waals surface area contributed by atoms with Crippen molar-refractivity contribution in [3.63, 3.8) is 0 Å². The van der Waals surface area contributed by atoms with E-state index in [1.807, 2.05) is 0 Å². The first kappa shape index (κ1) is 20.9. The van der Waals surface area contributed by atoms with Gasteiger partial charge < -0.3 is 20.7 Å². The monoisotopic (exact) mass is 427 g/mol. The first-order valence-corrected chi connectivity index (χ1v) is 9.10. The molecule has 0 unspecified atom stereocenters. The third-order valence-electron chi connectivity index (χ3n) is 3.91. The van der Waals surface area contributed by atoms with Gasteiger partial charge in [-0.25, -0.2) is 9.97 Å². The van der Waals surface area contributed by atoms with Gasteiger partial charge in [0.05, 0.1) is 42.1 Å². The number of rotatable bonds is 6. The van der Waals surface area contributed by atoms with Crippen LogP contribution in [0.15, 0.2) is 36.7 Å². The van der Waals surface area contributed by atoms with Crippen LogP contribution in [0, 0.1) is 0 Å². The molecule has 0 radical (unpaired) electrons. The van der Waals surface area contributed by atoms with Gasteiger partial charge >= 0.3 is 0 Å². The van der Waals surface area contributed by atoms with Gasteiger partial charge in [0, 0.05) is 20.0 Å². The van der Waals surface area contributed by atoms with Crippen molar-refractivity contribution in [1.29, 1.82) is 0 Å². The quantitative estimate of drug-likeness (QED) is 0.547. The molecule has 0 saturated carbocycles. The van der Waals surface area contributed by atoms with Crippen molar-refractivity contribution in [3.05, 3.63) is 47.5 Å². The first-order chi connectivity index (χ1) is 14.4. The molecule has 0 bridgehead atoms. The molecule has 0 atom stereocenters. The molecule has 0 saturated heterocycles. The molecule has 30 heavy (non-hydrogen) atoms. The van der Waals surface area contributed by atoms with E-state index in [1.54, 1.807) is 18.2 Å². The van der Waals surface area contributed by atoms with Gasteiger partial charge in [0.1, 0.15) is 0 Å². The van der Waals surface area contributed by atoms with E-state index in [9.17, 15) is 9.59 Å². The molecule has 0 aliphatic rings. The number of para-hydroxylation sites is 1. The number of hydrogen-bond donors (Lipinski definition) is 3. The van der Waals surface area contributed by atoms with E-state index in [-0.39, 0.29) is 16.8 Å². The summed E-state index contributed by atoms with van der Waals surface area (Å²) in [5, 5.41) is 15.9. The number of benzene rings is 1. The SMILES string of the molecule is CNC(=O)c1nnc(Cl)cc1Nc1cccc(-c2ncc(NC(C)=O)cn2)c1OC. The minimum Gasteiger partial charge on any atom is -0.494 e. The van der Waals surface area contributed by atoms with Gasteiger partial charge in [-0.3, -0.25) is 9.59 Å². The number of anilines is 3. The summed E-state index contributed by atoms with van der Waals surface area (Å²) < 4.78 is 5.57. The number of halogens is 1. The molecule has 0 fully saturated rings. The number of aromatic nitrogens is 4. The maximum atomic E-state index is 12.1. The second-order valence-electron chi connectivity index (χ2n) is 6.00. The summed E-state index contributed by atoms with van der Waals surface area (Å²) in [5.41, 5.74) is 2.05. The Morgan fingerprint density at radius 3 is 2.47 bits per heavy atom. The Labute approximate surface area is 177 Å². The van der Waals surface area contributed by atoms with E-state index in [0.29, 0.717) is 34.2 Å². The van der Waals surface area contributed by atoms with Crippen LogP contribution in [-0.4, -0.2) is 46.1 Å². The Kier molecular flexibility index (Phi) is 6.38. The Morgan fingerprint density at radius 2 is 1.83 bits per heavy atom. The van der Waals surface area contributed by atoms with Crippen LogP contribution in [0.25, 0.3) is 11.4 Å². The van der Waals surface area contributed by atoms with Crippen LogP contribution < -0.4 is 20.7 Å². The zero-order valence-electron chi connectivity index (χ0n) is 16.4. The standard InChI is InChI=1S/C19H18ClN7O3/c1-10(28)24-11-8-22-18(23-9-11)12-5-4-6-13(17(12)30-3)25-14-7-15(20)26-27-16(14)19(29)21-2/h4-9H,1-3H3,(H,21,29)(H,24,28)(H,25,26). The third kappa shape index (κ3) is 4.61. The molecule has 1 aromatic carbocycles. The predicted octanol–water partition coefficient (Wildman–Crippen LogP) is 2.66. The molecule has 0 spiro atoms. The van der Waals surface area contributed by atoms with Gasteiger partial charge in [0.25, 0.3) is 5.91 Å². The van der Waals surface area contributed by atoms with Crippen molar-refractivity contribution in [3.8, 4) is 17.1 Å². The van der Waals surface area contributed by atoms with E-state index < -0.39 is 5.91 Å². The summed E-state index contributed by atoms with van der Waals surface area (Å²) in [6.45, 7) is 1.40. The summed E-state index contributed by atoms with van der Waals surface area (Å²) >= 11 is 5.96. The molecule has 10 nitrogen and oxygen atoms in total. The van der Waals surface area contributed by atoms with Gasteiger partial charge in [-0.05, 0) is 12.1 Å². The largest absolute Gasteiger partial charge is 0.494 e. The summed E-state index contributed by atoms with van der Waals surface area (Å²) in [4.78, 5) is 31.9. The molecule has 3 rings (SSSR count). The number of hydrogen-bond acceptors (Lipinski definition) is 8. The Bertz CT molecular complexity index is 1090. The lowest BCUT2D eigenvalue weighted by Crippen LogP contribution is -2.21. The van der Waals surface area contributed by atoms with E-state index in [2.05, 4.69) is 36.1 Å². The molecule has 154 valence electrons. The average Bonchev–Trinajstić information content (AvgIpc) is 2.73. The molecule has 11 heteroatoms. The highest BCUT2D eigenvalue weighted by molar-refractivity contribution is 6.29. The molecule has 3 aromatic rings. The van der Waals surface area contributed by atoms with Crippen LogP contribution in [0.2, 0.25) is 5.15 Å². The van der Waals surface area contributed by atoms with E-state index >= 15 is 0 Å². The molecule has 0 aliphatic carbocycles. The van der Waals surface area contributed by atoms with Crippen molar-refractivity contribution < 1.29 is 14.3 Å². The van der Waals surface area contributed by atoms with E-state index in [0.717, 1.165) is 0 Å². The molecule has 2 amide bonds. The number of amides is 2. The Morgan fingerprint density at radius 1 is 1.10 bits per heavy atom. The van der Waals surface area contributed by atoms with Crippen molar-refractivity contribution >= 4 is 40.5 Å². The highest BCUT2D eigenvalue weighted by atomic mass is 35.5. The lowest BCUT2D eigenvalue weighted by Gasteiger charge is -2.16. The van der Waals surface area contributed by atoms with Crippen LogP contribution in [0.1, 0.15) is 17.4 Å². The zero-order chi connectivity index (χ0) is 21.7. The van der Waals surface area contributed by atoms with Gasteiger partial charge in [0.15, 0.2) is 22.4 Å². The van der Waals surface area contributed by atoms with Gasteiger partial charge in [-0.1, -0.05) is 17.7 Å². The minimum atomic E-state index is -0.423. The van der Waals surface area contributed by atoms with E-state index in [1.165, 1.54) is 39.5 Å². The highest BCUT2D eigenvalue weighted by Crippen LogP contribution is 2.37. The second-order valence-corrected chi connectivity index (χ2v) is 6.38. The number of methoxy groups -OCH3 is 1. The number of ether oxygens (including phenoxy) is 1. The van der Waals surface area contributed by atoms with Gasteiger partial charge in [0.2, 0.25) is 5.91 Å². The number of nitrogens with zero attached hydrogens (tertiary/aromatic N) is 4. The minimum absolute atomic E-state index is 0.0743. The maximum Gasteiger partial charge on any atom is 0.273 e. The highest BCUT2D eigenvalue weighted by Gasteiger charge is 2.18. The first-order valence-electron chi connectivity index (χ1n) is 8.72. The fourth-order valence-corrected chi connectivity index (χ4v) is 2.81. The lowest BCUT2D eigenvalue weighted by atomic mass is 10.1. The number of carbonyl (C=O) groups excluding carboxylic acids is 2. The smallest absolute Gasteiger partial charge is 0.273 e.